The minimum atomic E-state index is 0.619. The monoisotopic (exact) mass is 473 g/mol. The summed E-state index contributed by atoms with van der Waals surface area (Å²) in [4.78, 5) is 17.4. The van der Waals surface area contributed by atoms with E-state index in [1.165, 1.54) is 4.88 Å². The molecule has 0 bridgehead atoms. The van der Waals surface area contributed by atoms with Crippen LogP contribution in [0.3, 0.4) is 0 Å². The van der Waals surface area contributed by atoms with Crippen LogP contribution < -0.4 is 15.4 Å². The summed E-state index contributed by atoms with van der Waals surface area (Å²) in [6.07, 6.45) is 4.62. The van der Waals surface area contributed by atoms with Crippen LogP contribution in [0.25, 0.3) is 22.6 Å². The van der Waals surface area contributed by atoms with Crippen LogP contribution in [0.15, 0.2) is 48.7 Å². The van der Waals surface area contributed by atoms with Crippen LogP contribution in [0, 0.1) is 13.8 Å². The third kappa shape index (κ3) is 5.37. The number of methoxy groups -OCH3 is 1. The first-order chi connectivity index (χ1) is 16.3. The highest BCUT2D eigenvalue weighted by Gasteiger charge is 2.14. The van der Waals surface area contributed by atoms with E-state index in [1.807, 2.05) is 20.3 Å². The van der Waals surface area contributed by atoms with Gasteiger partial charge < -0.3 is 15.4 Å². The number of hydrogen-bond donors (Lipinski definition) is 1. The molecular formula is C27H31N5OS. The van der Waals surface area contributed by atoms with Crippen LogP contribution in [-0.2, 0) is 12.8 Å². The number of aryl methyl sites for hydroxylation is 4. The van der Waals surface area contributed by atoms with Crippen LogP contribution >= 0.6 is 11.3 Å². The van der Waals surface area contributed by atoms with Crippen LogP contribution in [-0.4, -0.2) is 36.2 Å². The molecule has 2 aromatic carbocycles. The molecule has 34 heavy (non-hydrogen) atoms. The van der Waals surface area contributed by atoms with Crippen molar-refractivity contribution in [3.63, 3.8) is 0 Å². The Morgan fingerprint density at radius 1 is 0.971 bits per heavy atom. The van der Waals surface area contributed by atoms with E-state index in [-0.39, 0.29) is 0 Å². The summed E-state index contributed by atoms with van der Waals surface area (Å²) in [5.74, 6) is 1.60. The molecule has 0 spiro atoms. The fourth-order valence-electron chi connectivity index (χ4n) is 4.12. The molecule has 7 heteroatoms. The Morgan fingerprint density at radius 2 is 1.68 bits per heavy atom. The summed E-state index contributed by atoms with van der Waals surface area (Å²) < 4.78 is 5.46. The van der Waals surface area contributed by atoms with E-state index in [0.717, 1.165) is 70.2 Å². The second-order valence-electron chi connectivity index (χ2n) is 8.66. The highest BCUT2D eigenvalue weighted by molar-refractivity contribution is 7.15. The number of anilines is 2. The number of hydrogen-bond acceptors (Lipinski definition) is 7. The van der Waals surface area contributed by atoms with Crippen LogP contribution in [0.1, 0.15) is 28.1 Å². The van der Waals surface area contributed by atoms with Crippen molar-refractivity contribution < 1.29 is 4.74 Å². The minimum Gasteiger partial charge on any atom is -0.497 e. The Labute approximate surface area is 205 Å². The number of nitrogens with zero attached hydrogens (tertiary/aromatic N) is 4. The number of thiazole rings is 1. The first-order valence-electron chi connectivity index (χ1n) is 11.4. The first kappa shape index (κ1) is 23.7. The van der Waals surface area contributed by atoms with Gasteiger partial charge in [0, 0.05) is 47.7 Å². The lowest BCUT2D eigenvalue weighted by Crippen LogP contribution is -2.08. The van der Waals surface area contributed by atoms with Crippen LogP contribution in [0.2, 0.25) is 0 Å². The Hall–Kier alpha value is -3.45. The zero-order valence-corrected chi connectivity index (χ0v) is 21.2. The van der Waals surface area contributed by atoms with Gasteiger partial charge in [-0.15, -0.1) is 11.3 Å². The van der Waals surface area contributed by atoms with Crippen molar-refractivity contribution in [1.29, 1.82) is 0 Å². The molecule has 0 fully saturated rings. The van der Waals surface area contributed by atoms with Crippen molar-refractivity contribution >= 4 is 22.2 Å². The Bertz CT molecular complexity index is 1260. The van der Waals surface area contributed by atoms with Gasteiger partial charge in [0.15, 0.2) is 11.0 Å². The van der Waals surface area contributed by atoms with Crippen molar-refractivity contribution in [2.75, 3.05) is 31.8 Å². The number of nitrogen functional groups attached to an aromatic ring is 1. The van der Waals surface area contributed by atoms with Crippen molar-refractivity contribution in [2.45, 2.75) is 33.1 Å². The van der Waals surface area contributed by atoms with Gasteiger partial charge in [-0.05, 0) is 86.7 Å². The van der Waals surface area contributed by atoms with Crippen molar-refractivity contribution in [3.8, 4) is 28.4 Å². The Kier molecular flexibility index (Phi) is 7.12. The molecule has 4 rings (SSSR count). The van der Waals surface area contributed by atoms with Crippen molar-refractivity contribution in [3.05, 3.63) is 70.4 Å². The Morgan fingerprint density at radius 3 is 2.26 bits per heavy atom. The van der Waals surface area contributed by atoms with Gasteiger partial charge in [-0.25, -0.2) is 15.0 Å². The second kappa shape index (κ2) is 10.2. The predicted molar refractivity (Wildman–Crippen MR) is 142 cm³/mol. The summed E-state index contributed by atoms with van der Waals surface area (Å²) in [7, 11) is 5.77. The zero-order valence-electron chi connectivity index (χ0n) is 20.4. The summed E-state index contributed by atoms with van der Waals surface area (Å²) >= 11 is 1.55. The highest BCUT2D eigenvalue weighted by atomic mass is 32.1. The van der Waals surface area contributed by atoms with Gasteiger partial charge in [-0.3, -0.25) is 0 Å². The van der Waals surface area contributed by atoms with E-state index in [9.17, 15) is 0 Å². The number of rotatable bonds is 8. The lowest BCUT2D eigenvalue weighted by molar-refractivity contribution is 0.414. The number of benzene rings is 2. The molecule has 0 amide bonds. The largest absolute Gasteiger partial charge is 0.497 e. The molecule has 0 aliphatic carbocycles. The molecule has 6 nitrogen and oxygen atoms in total. The van der Waals surface area contributed by atoms with E-state index >= 15 is 0 Å². The summed E-state index contributed by atoms with van der Waals surface area (Å²) in [5.41, 5.74) is 13.3. The van der Waals surface area contributed by atoms with Crippen LogP contribution in [0.5, 0.6) is 5.75 Å². The Balaban J connectivity index is 1.71. The maximum Gasteiger partial charge on any atom is 0.180 e. The second-order valence-corrected chi connectivity index (χ2v) is 9.81. The SMILES string of the molecule is COc1cc(C)c(-c2cc(CCCc3cnc(N)s3)nc(-c3ccc(N(C)C)cc3)n2)c(C)c1. The molecule has 0 atom stereocenters. The molecule has 0 aliphatic heterocycles. The lowest BCUT2D eigenvalue weighted by atomic mass is 9.98. The van der Waals surface area contributed by atoms with Gasteiger partial charge >= 0.3 is 0 Å². The normalized spacial score (nSPS) is 11.0. The van der Waals surface area contributed by atoms with Crippen molar-refractivity contribution in [1.82, 2.24) is 15.0 Å². The van der Waals surface area contributed by atoms with Gasteiger partial charge in [-0.2, -0.15) is 0 Å². The standard InChI is InChI=1S/C27H31N5OS/c1-17-13-22(33-5)14-18(2)25(17)24-15-20(7-6-8-23-16-29-27(28)34-23)30-26(31-24)19-9-11-21(12-10-19)32(3)4/h9-16H,6-8H2,1-5H3,(H2,28,29). The lowest BCUT2D eigenvalue weighted by Gasteiger charge is -2.15. The van der Waals surface area contributed by atoms with E-state index in [0.29, 0.717) is 5.13 Å². The van der Waals surface area contributed by atoms with E-state index in [4.69, 9.17) is 20.4 Å². The average molecular weight is 474 g/mol. The van der Waals surface area contributed by atoms with Crippen molar-refractivity contribution in [2.24, 2.45) is 0 Å². The molecule has 2 aromatic heterocycles. The molecule has 0 aliphatic rings. The summed E-state index contributed by atoms with van der Waals surface area (Å²) in [6.45, 7) is 4.21. The molecular weight excluding hydrogens is 442 g/mol. The topological polar surface area (TPSA) is 77.2 Å². The fraction of sp³-hybridized carbons (Fsp3) is 0.296. The van der Waals surface area contributed by atoms with Gasteiger partial charge in [0.1, 0.15) is 5.75 Å². The van der Waals surface area contributed by atoms with Gasteiger partial charge in [0.05, 0.1) is 12.8 Å². The zero-order chi connectivity index (χ0) is 24.2. The average Bonchev–Trinajstić information content (AvgIpc) is 3.23. The first-order valence-corrected chi connectivity index (χ1v) is 12.2. The smallest absolute Gasteiger partial charge is 0.180 e. The van der Waals surface area contributed by atoms with E-state index < -0.39 is 0 Å². The number of nitrogens with two attached hydrogens (primary N) is 1. The van der Waals surface area contributed by atoms with E-state index in [1.54, 1.807) is 18.4 Å². The molecule has 2 N–H and O–H groups in total. The molecule has 0 unspecified atom stereocenters. The third-order valence-electron chi connectivity index (χ3n) is 5.85. The third-order valence-corrected chi connectivity index (χ3v) is 6.73. The molecule has 0 radical (unpaired) electrons. The molecule has 4 aromatic rings. The highest BCUT2D eigenvalue weighted by Crippen LogP contribution is 2.32. The summed E-state index contributed by atoms with van der Waals surface area (Å²) in [5, 5.41) is 0.619. The molecule has 0 saturated heterocycles. The number of aromatic nitrogens is 3. The maximum atomic E-state index is 5.78. The van der Waals surface area contributed by atoms with E-state index in [2.05, 4.69) is 66.2 Å². The molecule has 2 heterocycles. The van der Waals surface area contributed by atoms with Gasteiger partial charge in [-0.1, -0.05) is 0 Å². The number of ether oxygens (including phenoxy) is 1. The van der Waals surface area contributed by atoms with Gasteiger partial charge in [0.25, 0.3) is 0 Å². The molecule has 176 valence electrons. The minimum absolute atomic E-state index is 0.619. The quantitative estimate of drug-likeness (QED) is 0.353. The van der Waals surface area contributed by atoms with Crippen LogP contribution in [0.4, 0.5) is 10.8 Å². The maximum absolute atomic E-state index is 5.78. The predicted octanol–water partition coefficient (Wildman–Crippen LogP) is 5.72. The summed E-state index contributed by atoms with van der Waals surface area (Å²) in [6, 6.07) is 14.6. The van der Waals surface area contributed by atoms with Gasteiger partial charge in [0.2, 0.25) is 0 Å². The fourth-order valence-corrected chi connectivity index (χ4v) is 4.84. The molecule has 0 saturated carbocycles.